The molecule has 0 aliphatic rings. The van der Waals surface area contributed by atoms with Gasteiger partial charge in [-0.2, -0.15) is 0 Å². The fraction of sp³-hybridized carbons (Fsp3) is 0.0625. The molecule has 0 saturated carbocycles. The summed E-state index contributed by atoms with van der Waals surface area (Å²) in [5.74, 6) is 1.27. The van der Waals surface area contributed by atoms with E-state index < -0.39 is 5.97 Å². The fourth-order valence-electron chi connectivity index (χ4n) is 4.06. The van der Waals surface area contributed by atoms with Crippen LogP contribution in [0.2, 0.25) is 0 Å². The standard InChI is InChI=1S/C32H24O6/c1-35-25-10-6-7-21(19-25)11-17-28(33)22-12-14-24(15-13-22)37-32(34)30-27-20-26(36-2)16-18-29(27)38-31(30)23-8-4-3-5-9-23/h3-20H,1-2H3/b17-11+. The van der Waals surface area contributed by atoms with Gasteiger partial charge in [0, 0.05) is 16.5 Å². The van der Waals surface area contributed by atoms with Crippen LogP contribution < -0.4 is 14.2 Å². The van der Waals surface area contributed by atoms with E-state index in [-0.39, 0.29) is 5.78 Å². The summed E-state index contributed by atoms with van der Waals surface area (Å²) in [7, 11) is 3.16. The van der Waals surface area contributed by atoms with E-state index in [1.807, 2.05) is 54.6 Å². The van der Waals surface area contributed by atoms with Gasteiger partial charge >= 0.3 is 5.97 Å². The molecule has 0 amide bonds. The van der Waals surface area contributed by atoms with Crippen LogP contribution in [0, 0.1) is 0 Å². The zero-order valence-corrected chi connectivity index (χ0v) is 20.8. The van der Waals surface area contributed by atoms with Gasteiger partial charge in [-0.05, 0) is 66.2 Å². The van der Waals surface area contributed by atoms with Crippen molar-refractivity contribution >= 4 is 28.8 Å². The van der Waals surface area contributed by atoms with Crippen LogP contribution >= 0.6 is 0 Å². The van der Waals surface area contributed by atoms with Crippen molar-refractivity contribution in [1.29, 1.82) is 0 Å². The molecule has 0 fully saturated rings. The smallest absolute Gasteiger partial charge is 0.348 e. The first-order chi connectivity index (χ1) is 18.6. The third-order valence-electron chi connectivity index (χ3n) is 6.01. The summed E-state index contributed by atoms with van der Waals surface area (Å²) in [5, 5.41) is 0.586. The number of ketones is 1. The summed E-state index contributed by atoms with van der Waals surface area (Å²) < 4.78 is 22.3. The molecule has 5 aromatic rings. The van der Waals surface area contributed by atoms with Crippen LogP contribution in [0.5, 0.6) is 17.2 Å². The predicted molar refractivity (Wildman–Crippen MR) is 146 cm³/mol. The van der Waals surface area contributed by atoms with Crippen molar-refractivity contribution in [1.82, 2.24) is 0 Å². The lowest BCUT2D eigenvalue weighted by Crippen LogP contribution is -2.09. The Morgan fingerprint density at radius 2 is 1.45 bits per heavy atom. The number of furan rings is 1. The maximum Gasteiger partial charge on any atom is 0.348 e. The normalized spacial score (nSPS) is 11.0. The number of allylic oxidation sites excluding steroid dienone is 1. The Morgan fingerprint density at radius 1 is 0.737 bits per heavy atom. The number of hydrogen-bond acceptors (Lipinski definition) is 6. The number of methoxy groups -OCH3 is 2. The largest absolute Gasteiger partial charge is 0.497 e. The van der Waals surface area contributed by atoms with Crippen molar-refractivity contribution in [2.45, 2.75) is 0 Å². The van der Waals surface area contributed by atoms with Crippen molar-refractivity contribution in [2.75, 3.05) is 14.2 Å². The molecule has 38 heavy (non-hydrogen) atoms. The van der Waals surface area contributed by atoms with Gasteiger partial charge in [0.15, 0.2) is 5.78 Å². The third kappa shape index (κ3) is 5.20. The highest BCUT2D eigenvalue weighted by atomic mass is 16.5. The van der Waals surface area contributed by atoms with Crippen LogP contribution in [0.15, 0.2) is 108 Å². The molecule has 0 atom stereocenters. The molecule has 6 heteroatoms. The van der Waals surface area contributed by atoms with E-state index in [9.17, 15) is 9.59 Å². The molecule has 0 aliphatic heterocycles. The Kier molecular flexibility index (Phi) is 7.04. The van der Waals surface area contributed by atoms with Gasteiger partial charge in [-0.3, -0.25) is 4.79 Å². The summed E-state index contributed by atoms with van der Waals surface area (Å²) in [6.07, 6.45) is 3.22. The molecule has 0 radical (unpaired) electrons. The molecule has 1 heterocycles. The molecular weight excluding hydrogens is 480 g/mol. The number of esters is 1. The van der Waals surface area contributed by atoms with E-state index in [1.165, 1.54) is 6.08 Å². The van der Waals surface area contributed by atoms with Crippen LogP contribution in [-0.2, 0) is 0 Å². The average molecular weight is 505 g/mol. The SMILES string of the molecule is COc1cccc(/C=C/C(=O)c2ccc(OC(=O)c3c(-c4ccccc4)oc4ccc(OC)cc34)cc2)c1. The van der Waals surface area contributed by atoms with Gasteiger partial charge in [-0.1, -0.05) is 48.5 Å². The van der Waals surface area contributed by atoms with Gasteiger partial charge in [0.2, 0.25) is 0 Å². The third-order valence-corrected chi connectivity index (χ3v) is 6.01. The number of rotatable bonds is 8. The molecule has 0 saturated heterocycles. The number of hydrogen-bond donors (Lipinski definition) is 0. The van der Waals surface area contributed by atoms with Gasteiger partial charge in [-0.15, -0.1) is 0 Å². The van der Waals surface area contributed by atoms with Crippen LogP contribution in [0.4, 0.5) is 0 Å². The first kappa shape index (κ1) is 24.6. The maximum absolute atomic E-state index is 13.4. The Bertz CT molecular complexity index is 1630. The quantitative estimate of drug-likeness (QED) is 0.0960. The lowest BCUT2D eigenvalue weighted by molar-refractivity contribution is 0.0737. The first-order valence-corrected chi connectivity index (χ1v) is 11.9. The van der Waals surface area contributed by atoms with Crippen LogP contribution in [-0.4, -0.2) is 26.0 Å². The van der Waals surface area contributed by atoms with Gasteiger partial charge in [0.25, 0.3) is 0 Å². The highest BCUT2D eigenvalue weighted by molar-refractivity contribution is 6.10. The minimum absolute atomic E-state index is 0.176. The van der Waals surface area contributed by atoms with Crippen molar-refractivity contribution in [3.63, 3.8) is 0 Å². The van der Waals surface area contributed by atoms with E-state index in [1.54, 1.807) is 62.8 Å². The Hall–Kier alpha value is -5.10. The topological polar surface area (TPSA) is 75.0 Å². The molecule has 0 unspecified atom stereocenters. The second-order valence-electron chi connectivity index (χ2n) is 8.42. The summed E-state index contributed by atoms with van der Waals surface area (Å²) >= 11 is 0. The maximum atomic E-state index is 13.4. The second-order valence-corrected chi connectivity index (χ2v) is 8.42. The van der Waals surface area contributed by atoms with Gasteiger partial charge < -0.3 is 18.6 Å². The van der Waals surface area contributed by atoms with Crippen molar-refractivity contribution in [3.05, 3.63) is 120 Å². The minimum atomic E-state index is -0.576. The summed E-state index contributed by atoms with van der Waals surface area (Å²) in [4.78, 5) is 26.1. The lowest BCUT2D eigenvalue weighted by Gasteiger charge is -2.06. The van der Waals surface area contributed by atoms with E-state index in [0.29, 0.717) is 45.1 Å². The fourth-order valence-corrected chi connectivity index (χ4v) is 4.06. The average Bonchev–Trinajstić information content (AvgIpc) is 3.36. The van der Waals surface area contributed by atoms with Crippen LogP contribution in [0.1, 0.15) is 26.3 Å². The molecule has 5 rings (SSSR count). The lowest BCUT2D eigenvalue weighted by atomic mass is 10.1. The Balaban J connectivity index is 1.38. The monoisotopic (exact) mass is 504 g/mol. The molecule has 0 N–H and O–H groups in total. The number of benzene rings is 4. The van der Waals surface area contributed by atoms with Gasteiger partial charge in [-0.25, -0.2) is 4.79 Å². The van der Waals surface area contributed by atoms with Crippen LogP contribution in [0.25, 0.3) is 28.4 Å². The number of carbonyl (C=O) groups is 2. The van der Waals surface area contributed by atoms with Crippen molar-refractivity contribution in [3.8, 4) is 28.6 Å². The molecular formula is C32H24O6. The van der Waals surface area contributed by atoms with Crippen LogP contribution in [0.3, 0.4) is 0 Å². The highest BCUT2D eigenvalue weighted by Crippen LogP contribution is 2.36. The molecule has 4 aromatic carbocycles. The molecule has 0 spiro atoms. The van der Waals surface area contributed by atoms with Crippen molar-refractivity contribution in [2.24, 2.45) is 0 Å². The summed E-state index contributed by atoms with van der Waals surface area (Å²) in [6, 6.07) is 28.5. The van der Waals surface area contributed by atoms with E-state index in [0.717, 1.165) is 11.1 Å². The highest BCUT2D eigenvalue weighted by Gasteiger charge is 2.24. The number of ether oxygens (including phenoxy) is 3. The van der Waals surface area contributed by atoms with Gasteiger partial charge in [0.1, 0.15) is 34.2 Å². The molecule has 0 bridgehead atoms. The summed E-state index contributed by atoms with van der Waals surface area (Å²) in [5.41, 5.74) is 2.90. The number of carbonyl (C=O) groups excluding carboxylic acids is 2. The molecule has 6 nitrogen and oxygen atoms in total. The number of fused-ring (bicyclic) bond motifs is 1. The minimum Gasteiger partial charge on any atom is -0.497 e. The zero-order chi connectivity index (χ0) is 26.5. The van der Waals surface area contributed by atoms with E-state index in [4.69, 9.17) is 18.6 Å². The zero-order valence-electron chi connectivity index (χ0n) is 20.8. The predicted octanol–water partition coefficient (Wildman–Crippen LogP) is 7.23. The summed E-state index contributed by atoms with van der Waals surface area (Å²) in [6.45, 7) is 0. The Labute approximate surface area is 219 Å². The van der Waals surface area contributed by atoms with Gasteiger partial charge in [0.05, 0.1) is 14.2 Å². The molecule has 1 aromatic heterocycles. The Morgan fingerprint density at radius 3 is 2.18 bits per heavy atom. The first-order valence-electron chi connectivity index (χ1n) is 11.9. The second kappa shape index (κ2) is 10.9. The van der Waals surface area contributed by atoms with Crippen molar-refractivity contribution < 1.29 is 28.2 Å². The molecule has 0 aliphatic carbocycles. The van der Waals surface area contributed by atoms with E-state index in [2.05, 4.69) is 0 Å². The molecule has 188 valence electrons. The van der Waals surface area contributed by atoms with E-state index >= 15 is 0 Å².